The summed E-state index contributed by atoms with van der Waals surface area (Å²) in [4.78, 5) is 15.3. The van der Waals surface area contributed by atoms with Gasteiger partial charge in [-0.3, -0.25) is 9.69 Å². The van der Waals surface area contributed by atoms with Gasteiger partial charge in [0.1, 0.15) is 11.8 Å². The van der Waals surface area contributed by atoms with Crippen LogP contribution in [0.3, 0.4) is 0 Å². The number of hydrogen-bond acceptors (Lipinski definition) is 9. The van der Waals surface area contributed by atoms with Crippen molar-refractivity contribution in [2.45, 2.75) is 19.4 Å². The first-order valence-corrected chi connectivity index (χ1v) is 12.7. The van der Waals surface area contributed by atoms with Crippen LogP contribution in [0.2, 0.25) is 0 Å². The molecule has 1 N–H and O–H groups in total. The molecule has 0 fully saturated rings. The van der Waals surface area contributed by atoms with E-state index in [1.807, 2.05) is 44.3 Å². The average Bonchev–Trinajstić information content (AvgIpc) is 3.63. The van der Waals surface area contributed by atoms with E-state index < -0.39 is 0 Å². The number of hydrogen-bond donors (Lipinski definition) is 1. The Morgan fingerprint density at radius 3 is 2.79 bits per heavy atom. The van der Waals surface area contributed by atoms with Crippen molar-refractivity contribution in [1.29, 1.82) is 0 Å². The Kier molecular flexibility index (Phi) is 6.49. The van der Waals surface area contributed by atoms with Gasteiger partial charge in [-0.25, -0.2) is 0 Å². The van der Waals surface area contributed by atoms with Crippen LogP contribution in [0.4, 0.5) is 5.69 Å². The van der Waals surface area contributed by atoms with Crippen LogP contribution in [0.5, 0.6) is 23.0 Å². The maximum atomic E-state index is 13.1. The number of rotatable bonds is 7. The highest BCUT2D eigenvalue weighted by Crippen LogP contribution is 2.50. The fraction of sp³-hybridized carbons (Fsp3) is 0.286. The molecule has 0 unspecified atom stereocenters. The number of carbonyl (C=O) groups excluding carboxylic acids is 1. The summed E-state index contributed by atoms with van der Waals surface area (Å²) in [5.74, 6) is 2.99. The Balaban J connectivity index is 1.33. The van der Waals surface area contributed by atoms with Crippen molar-refractivity contribution in [2.75, 3.05) is 39.4 Å². The van der Waals surface area contributed by atoms with Crippen LogP contribution in [0.1, 0.15) is 40.3 Å². The van der Waals surface area contributed by atoms with Gasteiger partial charge in [-0.05, 0) is 84.9 Å². The molecule has 2 aliphatic rings. The number of amides is 1. The molecule has 6 rings (SSSR count). The quantitative estimate of drug-likeness (QED) is 0.384. The van der Waals surface area contributed by atoms with Crippen LogP contribution in [0, 0.1) is 0 Å². The number of benzene rings is 3. The maximum Gasteiger partial charge on any atom is 0.255 e. The van der Waals surface area contributed by atoms with E-state index in [1.54, 1.807) is 36.1 Å². The third kappa shape index (κ3) is 4.50. The SMILES string of the molecule is CCOc1ccc(NC(=O)c2cccc(-n3nnnc3[C@H]3c4c(cc5c(c4OC)OCO5)CCN3C)c2)cc1. The molecule has 2 aliphatic heterocycles. The van der Waals surface area contributed by atoms with Crippen molar-refractivity contribution >= 4 is 11.6 Å². The first kappa shape index (κ1) is 24.7. The number of fused-ring (bicyclic) bond motifs is 2. The maximum absolute atomic E-state index is 13.1. The Morgan fingerprint density at radius 2 is 2.00 bits per heavy atom. The molecule has 11 heteroatoms. The monoisotopic (exact) mass is 528 g/mol. The van der Waals surface area contributed by atoms with E-state index in [1.165, 1.54) is 0 Å². The third-order valence-corrected chi connectivity index (χ3v) is 6.91. The summed E-state index contributed by atoms with van der Waals surface area (Å²) in [5.41, 5.74) is 3.84. The van der Waals surface area contributed by atoms with Gasteiger partial charge in [0.2, 0.25) is 12.5 Å². The number of nitrogens with one attached hydrogen (secondary N) is 1. The summed E-state index contributed by atoms with van der Waals surface area (Å²) >= 11 is 0. The summed E-state index contributed by atoms with van der Waals surface area (Å²) in [6.45, 7) is 3.45. The molecular weight excluding hydrogens is 500 g/mol. The van der Waals surface area contributed by atoms with Gasteiger partial charge in [0, 0.05) is 23.4 Å². The van der Waals surface area contributed by atoms with E-state index in [-0.39, 0.29) is 18.7 Å². The van der Waals surface area contributed by atoms with Crippen LogP contribution in [-0.2, 0) is 6.42 Å². The fourth-order valence-corrected chi connectivity index (χ4v) is 5.09. The zero-order chi connectivity index (χ0) is 26.9. The molecule has 0 spiro atoms. The lowest BCUT2D eigenvalue weighted by molar-refractivity contribution is 0.102. The van der Waals surface area contributed by atoms with E-state index >= 15 is 0 Å². The Hall–Kier alpha value is -4.64. The van der Waals surface area contributed by atoms with Crippen LogP contribution in [-0.4, -0.2) is 65.1 Å². The molecule has 1 atom stereocenters. The first-order valence-electron chi connectivity index (χ1n) is 12.7. The molecule has 1 aromatic heterocycles. The molecule has 4 aromatic rings. The van der Waals surface area contributed by atoms with E-state index in [2.05, 4.69) is 25.7 Å². The number of aromatic nitrogens is 4. The molecule has 0 radical (unpaired) electrons. The van der Waals surface area contributed by atoms with Crippen LogP contribution in [0.25, 0.3) is 5.69 Å². The average molecular weight is 529 g/mol. The molecule has 0 aliphatic carbocycles. The minimum absolute atomic E-state index is 0.151. The standard InChI is InChI=1S/C28H28N6O5/c1-4-37-21-10-8-19(9-11-21)29-28(35)18-6-5-7-20(14-18)34-27(30-31-32-34)24-23-17(12-13-33(24)2)15-22-25(26(23)36-3)39-16-38-22/h5-11,14-15,24H,4,12-13,16H2,1-3H3,(H,29,35)/t24-/m1/s1. The Bertz CT molecular complexity index is 1520. The second-order valence-corrected chi connectivity index (χ2v) is 9.26. The number of anilines is 1. The van der Waals surface area contributed by atoms with Crippen LogP contribution >= 0.6 is 0 Å². The summed E-state index contributed by atoms with van der Waals surface area (Å²) in [5, 5.41) is 15.6. The third-order valence-electron chi connectivity index (χ3n) is 6.91. The number of methoxy groups -OCH3 is 1. The molecule has 200 valence electrons. The minimum atomic E-state index is -0.311. The topological polar surface area (TPSA) is 113 Å². The lowest BCUT2D eigenvalue weighted by Crippen LogP contribution is -2.35. The lowest BCUT2D eigenvalue weighted by Gasteiger charge is -2.34. The number of ether oxygens (including phenoxy) is 4. The molecular formula is C28H28N6O5. The predicted octanol–water partition coefficient (Wildman–Crippen LogP) is 3.63. The lowest BCUT2D eigenvalue weighted by atomic mass is 9.90. The van der Waals surface area contributed by atoms with Gasteiger partial charge >= 0.3 is 0 Å². The summed E-state index contributed by atoms with van der Waals surface area (Å²) in [6.07, 6.45) is 0.818. The van der Waals surface area contributed by atoms with Gasteiger partial charge in [-0.2, -0.15) is 4.68 Å². The zero-order valence-corrected chi connectivity index (χ0v) is 21.9. The van der Waals surface area contributed by atoms with Crippen molar-refractivity contribution in [1.82, 2.24) is 25.1 Å². The van der Waals surface area contributed by atoms with Crippen molar-refractivity contribution in [2.24, 2.45) is 0 Å². The normalized spacial score (nSPS) is 16.0. The summed E-state index contributed by atoms with van der Waals surface area (Å²) in [6, 6.07) is 16.2. The van der Waals surface area contributed by atoms with E-state index in [0.29, 0.717) is 46.6 Å². The van der Waals surface area contributed by atoms with Crippen LogP contribution in [0.15, 0.2) is 54.6 Å². The zero-order valence-electron chi connectivity index (χ0n) is 21.9. The molecule has 0 bridgehead atoms. The molecule has 11 nitrogen and oxygen atoms in total. The Morgan fingerprint density at radius 1 is 1.15 bits per heavy atom. The van der Waals surface area contributed by atoms with Gasteiger partial charge in [-0.1, -0.05) is 6.07 Å². The van der Waals surface area contributed by atoms with Crippen molar-refractivity contribution in [3.8, 4) is 28.7 Å². The second kappa shape index (κ2) is 10.3. The largest absolute Gasteiger partial charge is 0.494 e. The van der Waals surface area contributed by atoms with Crippen molar-refractivity contribution in [3.05, 3.63) is 77.1 Å². The highest BCUT2D eigenvalue weighted by Gasteiger charge is 2.37. The molecule has 0 saturated carbocycles. The minimum Gasteiger partial charge on any atom is -0.494 e. The van der Waals surface area contributed by atoms with E-state index in [4.69, 9.17) is 18.9 Å². The van der Waals surface area contributed by atoms with Gasteiger partial charge in [0.05, 0.1) is 19.4 Å². The Labute approximate surface area is 225 Å². The molecule has 1 amide bonds. The molecule has 3 heterocycles. The van der Waals surface area contributed by atoms with E-state index in [0.717, 1.165) is 29.8 Å². The summed E-state index contributed by atoms with van der Waals surface area (Å²) in [7, 11) is 3.65. The first-order chi connectivity index (χ1) is 19.1. The van der Waals surface area contributed by atoms with Gasteiger partial charge < -0.3 is 24.3 Å². The molecule has 39 heavy (non-hydrogen) atoms. The van der Waals surface area contributed by atoms with Crippen molar-refractivity contribution < 1.29 is 23.7 Å². The van der Waals surface area contributed by atoms with Gasteiger partial charge in [0.25, 0.3) is 5.91 Å². The highest BCUT2D eigenvalue weighted by molar-refractivity contribution is 6.04. The fourth-order valence-electron chi connectivity index (χ4n) is 5.09. The number of nitrogens with zero attached hydrogens (tertiary/aromatic N) is 5. The second-order valence-electron chi connectivity index (χ2n) is 9.26. The number of carbonyl (C=O) groups is 1. The van der Waals surface area contributed by atoms with Crippen molar-refractivity contribution in [3.63, 3.8) is 0 Å². The van der Waals surface area contributed by atoms with Gasteiger partial charge in [-0.15, -0.1) is 5.10 Å². The highest BCUT2D eigenvalue weighted by atomic mass is 16.7. The van der Waals surface area contributed by atoms with Gasteiger partial charge in [0.15, 0.2) is 17.3 Å². The summed E-state index contributed by atoms with van der Waals surface area (Å²) < 4.78 is 24.4. The van der Waals surface area contributed by atoms with E-state index in [9.17, 15) is 4.79 Å². The number of likely N-dealkylation sites (N-methyl/N-ethyl adjacent to an activating group) is 1. The number of tetrazole rings is 1. The van der Waals surface area contributed by atoms with Crippen LogP contribution < -0.4 is 24.3 Å². The predicted molar refractivity (Wildman–Crippen MR) is 142 cm³/mol. The smallest absolute Gasteiger partial charge is 0.255 e. The molecule has 0 saturated heterocycles. The molecule has 3 aromatic carbocycles.